The van der Waals surface area contributed by atoms with Crippen molar-refractivity contribution in [2.24, 2.45) is 0 Å². The van der Waals surface area contributed by atoms with Crippen LogP contribution in [0.5, 0.6) is 5.75 Å². The molecule has 2 rings (SSSR count). The summed E-state index contributed by atoms with van der Waals surface area (Å²) in [6.07, 6.45) is 0.703. The van der Waals surface area contributed by atoms with Gasteiger partial charge < -0.3 is 10.1 Å². The van der Waals surface area contributed by atoms with Gasteiger partial charge in [-0.15, -0.1) is 0 Å². The smallest absolute Gasteiger partial charge is 0.258 e. The highest BCUT2D eigenvalue weighted by molar-refractivity contribution is 6.31. The van der Waals surface area contributed by atoms with E-state index in [1.807, 2.05) is 30.3 Å². The number of nitrogens with one attached hydrogen (secondary N) is 1. The van der Waals surface area contributed by atoms with Crippen molar-refractivity contribution in [1.82, 2.24) is 5.32 Å². The number of ether oxygens (including phenoxy) is 1. The summed E-state index contributed by atoms with van der Waals surface area (Å²) in [6, 6.07) is 13.5. The van der Waals surface area contributed by atoms with Crippen LogP contribution in [0.4, 0.5) is 0 Å². The quantitative estimate of drug-likeness (QED) is 0.667. The molecular weight excluding hydrogens is 366 g/mol. The number of rotatable bonds is 9. The molecule has 0 fully saturated rings. The van der Waals surface area contributed by atoms with Crippen molar-refractivity contribution in [1.29, 1.82) is 0 Å². The van der Waals surface area contributed by atoms with Crippen LogP contribution in [0.2, 0.25) is 5.02 Å². The summed E-state index contributed by atoms with van der Waals surface area (Å²) in [7, 11) is 0. The average molecular weight is 388 g/mol. The van der Waals surface area contributed by atoms with Gasteiger partial charge in [-0.1, -0.05) is 48.9 Å². The van der Waals surface area contributed by atoms with Crippen molar-refractivity contribution in [2.75, 3.05) is 6.61 Å². The van der Waals surface area contributed by atoms with Crippen LogP contribution in [0.15, 0.2) is 48.5 Å². The highest BCUT2D eigenvalue weighted by Crippen LogP contribution is 2.24. The first-order chi connectivity index (χ1) is 12.9. The van der Waals surface area contributed by atoms with Crippen LogP contribution in [0, 0.1) is 0 Å². The summed E-state index contributed by atoms with van der Waals surface area (Å²) in [5.41, 5.74) is 1.29. The van der Waals surface area contributed by atoms with Crippen molar-refractivity contribution in [3.63, 3.8) is 0 Å². The Morgan fingerprint density at radius 3 is 2.44 bits per heavy atom. The van der Waals surface area contributed by atoms with Gasteiger partial charge in [-0.3, -0.25) is 14.4 Å². The molecule has 142 valence electrons. The van der Waals surface area contributed by atoms with E-state index in [0.717, 1.165) is 5.56 Å². The Morgan fingerprint density at radius 1 is 1.11 bits per heavy atom. The third kappa shape index (κ3) is 6.22. The zero-order chi connectivity index (χ0) is 19.8. The summed E-state index contributed by atoms with van der Waals surface area (Å²) in [6.45, 7) is 2.87. The minimum Gasteiger partial charge on any atom is -0.483 e. The predicted octanol–water partition coefficient (Wildman–Crippen LogP) is 3.63. The molecule has 6 heteroatoms. The van der Waals surface area contributed by atoms with Gasteiger partial charge in [0, 0.05) is 11.4 Å². The summed E-state index contributed by atoms with van der Waals surface area (Å²) in [5.74, 6) is -0.404. The number of hydrogen-bond donors (Lipinski definition) is 1. The second kappa shape index (κ2) is 9.88. The van der Waals surface area contributed by atoms with Gasteiger partial charge >= 0.3 is 0 Å². The summed E-state index contributed by atoms with van der Waals surface area (Å²) in [4.78, 5) is 36.1. The van der Waals surface area contributed by atoms with Gasteiger partial charge in [0.1, 0.15) is 5.75 Å². The van der Waals surface area contributed by atoms with Crippen molar-refractivity contribution >= 4 is 29.1 Å². The van der Waals surface area contributed by atoms with E-state index in [4.69, 9.17) is 16.3 Å². The average Bonchev–Trinajstić information content (AvgIpc) is 2.66. The molecule has 1 amide bonds. The molecule has 0 aliphatic carbocycles. The van der Waals surface area contributed by atoms with E-state index in [9.17, 15) is 14.4 Å². The number of Topliss-reactive ketones (excluding diaryl/α,β-unsaturated/α-hetero) is 2. The molecule has 0 spiro atoms. The molecule has 0 aliphatic heterocycles. The third-order valence-corrected chi connectivity index (χ3v) is 4.27. The maximum absolute atomic E-state index is 12.2. The van der Waals surface area contributed by atoms with Crippen molar-refractivity contribution < 1.29 is 19.1 Å². The molecule has 1 N–H and O–H groups in total. The standard InChI is InChI=1S/C21H22ClNO4/c1-3-19(25)17-12-16(22)9-10-20(17)27-13-21(26)23-18(14(2)24)11-15-7-5-4-6-8-15/h4-10,12,18H,3,11,13H2,1-2H3,(H,23,26)/t18-/m0/s1. The maximum atomic E-state index is 12.2. The molecule has 2 aromatic carbocycles. The van der Waals surface area contributed by atoms with Crippen LogP contribution in [0.1, 0.15) is 36.2 Å². The SMILES string of the molecule is CCC(=O)c1cc(Cl)ccc1OCC(=O)N[C@@H](Cc1ccccc1)C(C)=O. The predicted molar refractivity (Wildman–Crippen MR) is 104 cm³/mol. The van der Waals surface area contributed by atoms with Gasteiger partial charge in [0.15, 0.2) is 18.2 Å². The number of carbonyl (C=O) groups is 3. The Labute approximate surface area is 163 Å². The molecule has 5 nitrogen and oxygen atoms in total. The molecule has 0 saturated heterocycles. The minimum atomic E-state index is -0.634. The van der Waals surface area contributed by atoms with E-state index >= 15 is 0 Å². The number of carbonyl (C=O) groups excluding carboxylic acids is 3. The minimum absolute atomic E-state index is 0.126. The van der Waals surface area contributed by atoms with E-state index in [0.29, 0.717) is 29.2 Å². The van der Waals surface area contributed by atoms with Crippen LogP contribution >= 0.6 is 11.6 Å². The van der Waals surface area contributed by atoms with E-state index in [1.165, 1.54) is 13.0 Å². The van der Waals surface area contributed by atoms with Gasteiger partial charge in [-0.25, -0.2) is 0 Å². The van der Waals surface area contributed by atoms with Crippen LogP contribution in [0.3, 0.4) is 0 Å². The Hall–Kier alpha value is -2.66. The maximum Gasteiger partial charge on any atom is 0.258 e. The molecule has 1 atom stereocenters. The van der Waals surface area contributed by atoms with E-state index in [-0.39, 0.29) is 18.2 Å². The molecule has 0 heterocycles. The lowest BCUT2D eigenvalue weighted by Crippen LogP contribution is -2.43. The second-order valence-electron chi connectivity index (χ2n) is 6.13. The van der Waals surface area contributed by atoms with Gasteiger partial charge in [-0.2, -0.15) is 0 Å². The molecule has 27 heavy (non-hydrogen) atoms. The topological polar surface area (TPSA) is 72.5 Å². The first-order valence-corrected chi connectivity index (χ1v) is 9.07. The Bertz CT molecular complexity index is 820. The molecular formula is C21H22ClNO4. The zero-order valence-corrected chi connectivity index (χ0v) is 16.1. The Balaban J connectivity index is 2.00. The number of benzene rings is 2. The Kier molecular flexibility index (Phi) is 7.55. The van der Waals surface area contributed by atoms with Gasteiger partial charge in [0.2, 0.25) is 0 Å². The third-order valence-electron chi connectivity index (χ3n) is 4.03. The lowest BCUT2D eigenvalue weighted by atomic mass is 10.0. The van der Waals surface area contributed by atoms with E-state index in [1.54, 1.807) is 19.1 Å². The first kappa shape index (κ1) is 20.6. The van der Waals surface area contributed by atoms with E-state index in [2.05, 4.69) is 5.32 Å². The van der Waals surface area contributed by atoms with Crippen LogP contribution in [-0.2, 0) is 16.0 Å². The fourth-order valence-electron chi connectivity index (χ4n) is 2.56. The lowest BCUT2D eigenvalue weighted by Gasteiger charge is -2.17. The summed E-state index contributed by atoms with van der Waals surface area (Å²) < 4.78 is 5.50. The van der Waals surface area contributed by atoms with Crippen LogP contribution in [0.25, 0.3) is 0 Å². The lowest BCUT2D eigenvalue weighted by molar-refractivity contribution is -0.128. The normalized spacial score (nSPS) is 11.5. The van der Waals surface area contributed by atoms with E-state index < -0.39 is 11.9 Å². The number of hydrogen-bond acceptors (Lipinski definition) is 4. The first-order valence-electron chi connectivity index (χ1n) is 8.70. The van der Waals surface area contributed by atoms with Crippen molar-refractivity contribution in [3.8, 4) is 5.75 Å². The number of ketones is 2. The number of amides is 1. The molecule has 0 bridgehead atoms. The molecule has 0 aromatic heterocycles. The largest absolute Gasteiger partial charge is 0.483 e. The highest BCUT2D eigenvalue weighted by Gasteiger charge is 2.19. The fraction of sp³-hybridized carbons (Fsp3) is 0.286. The summed E-state index contributed by atoms with van der Waals surface area (Å²) >= 11 is 5.94. The van der Waals surface area contributed by atoms with Crippen molar-refractivity contribution in [3.05, 3.63) is 64.7 Å². The molecule has 0 aliphatic rings. The monoisotopic (exact) mass is 387 g/mol. The van der Waals surface area contributed by atoms with Crippen LogP contribution in [-0.4, -0.2) is 30.1 Å². The van der Waals surface area contributed by atoms with Gasteiger partial charge in [0.25, 0.3) is 5.91 Å². The second-order valence-corrected chi connectivity index (χ2v) is 6.56. The van der Waals surface area contributed by atoms with Crippen molar-refractivity contribution in [2.45, 2.75) is 32.7 Å². The highest BCUT2D eigenvalue weighted by atomic mass is 35.5. The van der Waals surface area contributed by atoms with Gasteiger partial charge in [-0.05, 0) is 37.1 Å². The molecule has 0 unspecified atom stereocenters. The molecule has 2 aromatic rings. The van der Waals surface area contributed by atoms with Crippen LogP contribution < -0.4 is 10.1 Å². The molecule has 0 saturated carbocycles. The Morgan fingerprint density at radius 2 is 1.81 bits per heavy atom. The zero-order valence-electron chi connectivity index (χ0n) is 15.3. The summed E-state index contributed by atoms with van der Waals surface area (Å²) in [5, 5.41) is 3.10. The van der Waals surface area contributed by atoms with Gasteiger partial charge in [0.05, 0.1) is 11.6 Å². The fourth-order valence-corrected chi connectivity index (χ4v) is 2.73. The molecule has 0 radical (unpaired) electrons. The number of halogens is 1.